The van der Waals surface area contributed by atoms with Crippen LogP contribution in [0.3, 0.4) is 0 Å². The Hall–Kier alpha value is -2.66. The van der Waals surface area contributed by atoms with E-state index in [0.29, 0.717) is 18.6 Å². The van der Waals surface area contributed by atoms with Gasteiger partial charge in [-0.3, -0.25) is 9.36 Å². The number of hydrogen-bond acceptors (Lipinski definition) is 4. The first kappa shape index (κ1) is 17.7. The highest BCUT2D eigenvalue weighted by atomic mass is 16.5. The van der Waals surface area contributed by atoms with Crippen LogP contribution in [0.1, 0.15) is 35.6 Å². The van der Waals surface area contributed by atoms with Crippen molar-refractivity contribution in [2.24, 2.45) is 0 Å². The average Bonchev–Trinajstić information content (AvgIpc) is 2.69. The SMILES string of the molecule is COc1cc(C)cc(Cc2ccc3ncn(C4CCOCC4)c(=O)c3c2)c1. The van der Waals surface area contributed by atoms with Crippen LogP contribution in [0.5, 0.6) is 5.75 Å². The molecule has 1 aromatic heterocycles. The zero-order chi connectivity index (χ0) is 18.8. The van der Waals surface area contributed by atoms with Gasteiger partial charge in [0.25, 0.3) is 5.56 Å². The fraction of sp³-hybridized carbons (Fsp3) is 0.364. The molecule has 0 unspecified atom stereocenters. The number of ether oxygens (including phenoxy) is 2. The molecule has 5 nitrogen and oxygen atoms in total. The molecule has 0 saturated carbocycles. The van der Waals surface area contributed by atoms with Gasteiger partial charge in [0.15, 0.2) is 0 Å². The van der Waals surface area contributed by atoms with Crippen molar-refractivity contribution in [1.82, 2.24) is 9.55 Å². The van der Waals surface area contributed by atoms with Crippen molar-refractivity contribution < 1.29 is 9.47 Å². The van der Waals surface area contributed by atoms with Crippen LogP contribution in [0.25, 0.3) is 10.9 Å². The molecule has 5 heteroatoms. The summed E-state index contributed by atoms with van der Waals surface area (Å²) in [6.45, 7) is 3.46. The molecular weight excluding hydrogens is 340 g/mol. The maximum absolute atomic E-state index is 13.0. The molecule has 1 saturated heterocycles. The topological polar surface area (TPSA) is 53.4 Å². The second-order valence-electron chi connectivity index (χ2n) is 7.19. The summed E-state index contributed by atoms with van der Waals surface area (Å²) in [5, 5.41) is 0.682. The Morgan fingerprint density at radius 3 is 2.74 bits per heavy atom. The third-order valence-corrected chi connectivity index (χ3v) is 5.19. The van der Waals surface area contributed by atoms with Gasteiger partial charge in [-0.1, -0.05) is 12.1 Å². The molecule has 0 amide bonds. The Balaban J connectivity index is 1.69. The molecule has 2 heterocycles. The Labute approximate surface area is 158 Å². The summed E-state index contributed by atoms with van der Waals surface area (Å²) in [7, 11) is 1.68. The lowest BCUT2D eigenvalue weighted by Gasteiger charge is -2.24. The smallest absolute Gasteiger partial charge is 0.261 e. The Kier molecular flexibility index (Phi) is 4.94. The Morgan fingerprint density at radius 2 is 1.96 bits per heavy atom. The predicted octanol–water partition coefficient (Wildman–Crippen LogP) is 3.66. The molecule has 0 aliphatic carbocycles. The molecular formula is C22H24N2O3. The van der Waals surface area contributed by atoms with E-state index in [9.17, 15) is 4.79 Å². The molecule has 0 spiro atoms. The molecule has 140 valence electrons. The highest BCUT2D eigenvalue weighted by molar-refractivity contribution is 5.78. The minimum Gasteiger partial charge on any atom is -0.497 e. The van der Waals surface area contributed by atoms with E-state index in [0.717, 1.165) is 41.7 Å². The maximum Gasteiger partial charge on any atom is 0.261 e. The van der Waals surface area contributed by atoms with Gasteiger partial charge < -0.3 is 9.47 Å². The highest BCUT2D eigenvalue weighted by Gasteiger charge is 2.18. The lowest BCUT2D eigenvalue weighted by molar-refractivity contribution is 0.0685. The Morgan fingerprint density at radius 1 is 1.15 bits per heavy atom. The van der Waals surface area contributed by atoms with Crippen molar-refractivity contribution in [1.29, 1.82) is 0 Å². The summed E-state index contributed by atoms with van der Waals surface area (Å²) >= 11 is 0. The van der Waals surface area contributed by atoms with E-state index in [2.05, 4.69) is 18.0 Å². The lowest BCUT2D eigenvalue weighted by atomic mass is 10.0. The fourth-order valence-corrected chi connectivity index (χ4v) is 3.80. The van der Waals surface area contributed by atoms with Gasteiger partial charge in [-0.25, -0.2) is 4.98 Å². The van der Waals surface area contributed by atoms with Crippen molar-refractivity contribution in [3.05, 3.63) is 69.8 Å². The number of aryl methyl sites for hydroxylation is 1. The van der Waals surface area contributed by atoms with Crippen LogP contribution in [-0.4, -0.2) is 29.9 Å². The minimum absolute atomic E-state index is 0.0376. The van der Waals surface area contributed by atoms with E-state index < -0.39 is 0 Å². The molecule has 1 aliphatic rings. The lowest BCUT2D eigenvalue weighted by Crippen LogP contribution is -2.29. The van der Waals surface area contributed by atoms with Gasteiger partial charge in [0.1, 0.15) is 5.75 Å². The first-order valence-corrected chi connectivity index (χ1v) is 9.36. The number of aromatic nitrogens is 2. The van der Waals surface area contributed by atoms with E-state index in [1.54, 1.807) is 18.0 Å². The summed E-state index contributed by atoms with van der Waals surface area (Å²) in [5.74, 6) is 0.856. The first-order chi connectivity index (χ1) is 13.1. The molecule has 27 heavy (non-hydrogen) atoms. The monoisotopic (exact) mass is 364 g/mol. The Bertz CT molecular complexity index is 1020. The number of rotatable bonds is 4. The van der Waals surface area contributed by atoms with Crippen LogP contribution in [0.4, 0.5) is 0 Å². The van der Waals surface area contributed by atoms with Gasteiger partial charge in [-0.2, -0.15) is 0 Å². The first-order valence-electron chi connectivity index (χ1n) is 9.36. The molecule has 0 bridgehead atoms. The van der Waals surface area contributed by atoms with Gasteiger partial charge in [0, 0.05) is 19.3 Å². The van der Waals surface area contributed by atoms with Crippen molar-refractivity contribution in [2.75, 3.05) is 20.3 Å². The van der Waals surface area contributed by atoms with Crippen molar-refractivity contribution in [2.45, 2.75) is 32.2 Å². The van der Waals surface area contributed by atoms with Crippen molar-refractivity contribution in [3.8, 4) is 5.75 Å². The molecule has 0 radical (unpaired) electrons. The van der Waals surface area contributed by atoms with Gasteiger partial charge in [0.2, 0.25) is 0 Å². The summed E-state index contributed by atoms with van der Waals surface area (Å²) in [4.78, 5) is 17.6. The molecule has 4 rings (SSSR count). The summed E-state index contributed by atoms with van der Waals surface area (Å²) < 4.78 is 12.6. The van der Waals surface area contributed by atoms with Crippen molar-refractivity contribution >= 4 is 10.9 Å². The largest absolute Gasteiger partial charge is 0.497 e. The molecule has 1 fully saturated rings. The number of nitrogens with zero attached hydrogens (tertiary/aromatic N) is 2. The van der Waals surface area contributed by atoms with E-state index in [1.807, 2.05) is 30.3 Å². The average molecular weight is 364 g/mol. The third kappa shape index (κ3) is 3.74. The van der Waals surface area contributed by atoms with E-state index in [4.69, 9.17) is 9.47 Å². The summed E-state index contributed by atoms with van der Waals surface area (Å²) in [6, 6.07) is 12.3. The molecule has 0 atom stereocenters. The van der Waals surface area contributed by atoms with Crippen LogP contribution >= 0.6 is 0 Å². The third-order valence-electron chi connectivity index (χ3n) is 5.19. The maximum atomic E-state index is 13.0. The summed E-state index contributed by atoms with van der Waals surface area (Å²) in [5.41, 5.74) is 4.21. The van der Waals surface area contributed by atoms with Crippen LogP contribution in [0, 0.1) is 6.92 Å². The van der Waals surface area contributed by atoms with Gasteiger partial charge in [-0.15, -0.1) is 0 Å². The van der Waals surface area contributed by atoms with Crippen LogP contribution in [0.2, 0.25) is 0 Å². The van der Waals surface area contributed by atoms with E-state index in [1.165, 1.54) is 5.56 Å². The van der Waals surface area contributed by atoms with Gasteiger partial charge >= 0.3 is 0 Å². The number of fused-ring (bicyclic) bond motifs is 1. The zero-order valence-corrected chi connectivity index (χ0v) is 15.8. The highest BCUT2D eigenvalue weighted by Crippen LogP contribution is 2.22. The predicted molar refractivity (Wildman–Crippen MR) is 106 cm³/mol. The van der Waals surface area contributed by atoms with Gasteiger partial charge in [0.05, 0.1) is 24.3 Å². The molecule has 1 aliphatic heterocycles. The van der Waals surface area contributed by atoms with E-state index in [-0.39, 0.29) is 11.6 Å². The number of methoxy groups -OCH3 is 1. The van der Waals surface area contributed by atoms with Crippen molar-refractivity contribution in [3.63, 3.8) is 0 Å². The number of hydrogen-bond donors (Lipinski definition) is 0. The second-order valence-corrected chi connectivity index (χ2v) is 7.19. The fourth-order valence-electron chi connectivity index (χ4n) is 3.80. The minimum atomic E-state index is 0.0376. The van der Waals surface area contributed by atoms with Crippen LogP contribution in [-0.2, 0) is 11.2 Å². The zero-order valence-electron chi connectivity index (χ0n) is 15.8. The standard InChI is InChI=1S/C22H24N2O3/c1-15-9-17(12-19(10-15)26-2)11-16-3-4-21-20(13-16)22(25)24(14-23-21)18-5-7-27-8-6-18/h3-4,9-10,12-14,18H,5-8,11H2,1-2H3. The van der Waals surface area contributed by atoms with Crippen LogP contribution < -0.4 is 10.3 Å². The quantitative estimate of drug-likeness (QED) is 0.709. The van der Waals surface area contributed by atoms with E-state index >= 15 is 0 Å². The van der Waals surface area contributed by atoms with Gasteiger partial charge in [-0.05, 0) is 67.1 Å². The number of benzene rings is 2. The normalized spacial score (nSPS) is 15.2. The molecule has 2 aromatic carbocycles. The molecule has 0 N–H and O–H groups in total. The summed E-state index contributed by atoms with van der Waals surface area (Å²) in [6.07, 6.45) is 4.15. The molecule has 3 aromatic rings. The second kappa shape index (κ2) is 7.53. The van der Waals surface area contributed by atoms with Crippen LogP contribution in [0.15, 0.2) is 47.5 Å².